The number of ether oxygens (including phenoxy) is 2. The molecule has 1 aliphatic heterocycles. The molecule has 0 spiro atoms. The van der Waals surface area contributed by atoms with E-state index < -0.39 is 12.0 Å². The SMILES string of the molecule is CC(C)(C)OC(=O)N1CCN(CCCN=C(N)Nc2ccc(OC(F)(F)F)cc2)CC1. The Bertz CT molecular complexity index is 740. The molecule has 8 nitrogen and oxygen atoms in total. The predicted octanol–water partition coefficient (Wildman–Crippen LogP) is 3.25. The highest BCUT2D eigenvalue weighted by atomic mass is 19.4. The minimum Gasteiger partial charge on any atom is -0.444 e. The first-order valence-electron chi connectivity index (χ1n) is 10.0. The van der Waals surface area contributed by atoms with Gasteiger partial charge in [0.15, 0.2) is 5.96 Å². The van der Waals surface area contributed by atoms with Gasteiger partial charge in [-0.1, -0.05) is 0 Å². The van der Waals surface area contributed by atoms with Gasteiger partial charge < -0.3 is 25.4 Å². The van der Waals surface area contributed by atoms with Crippen LogP contribution in [0.25, 0.3) is 0 Å². The first-order chi connectivity index (χ1) is 14.4. The van der Waals surface area contributed by atoms with Crippen molar-refractivity contribution < 1.29 is 27.4 Å². The van der Waals surface area contributed by atoms with Gasteiger partial charge in [-0.15, -0.1) is 13.2 Å². The molecule has 11 heteroatoms. The highest BCUT2D eigenvalue weighted by Crippen LogP contribution is 2.23. The third kappa shape index (κ3) is 9.77. The lowest BCUT2D eigenvalue weighted by molar-refractivity contribution is -0.274. The second kappa shape index (κ2) is 10.6. The second-order valence-corrected chi connectivity index (χ2v) is 8.13. The zero-order valence-electron chi connectivity index (χ0n) is 18.0. The van der Waals surface area contributed by atoms with Gasteiger partial charge in [-0.2, -0.15) is 0 Å². The number of guanidine groups is 1. The van der Waals surface area contributed by atoms with Crippen molar-refractivity contribution in [3.05, 3.63) is 24.3 Å². The van der Waals surface area contributed by atoms with Gasteiger partial charge in [-0.25, -0.2) is 4.79 Å². The molecule has 174 valence electrons. The van der Waals surface area contributed by atoms with E-state index in [-0.39, 0.29) is 17.8 Å². The smallest absolute Gasteiger partial charge is 0.444 e. The third-order valence-corrected chi connectivity index (χ3v) is 4.30. The fourth-order valence-corrected chi connectivity index (χ4v) is 2.90. The molecule has 0 radical (unpaired) electrons. The number of benzene rings is 1. The molecule has 1 amide bonds. The van der Waals surface area contributed by atoms with E-state index in [1.807, 2.05) is 20.8 Å². The topological polar surface area (TPSA) is 92.4 Å². The number of nitrogens with zero attached hydrogens (tertiary/aromatic N) is 3. The summed E-state index contributed by atoms with van der Waals surface area (Å²) in [6, 6.07) is 5.24. The Labute approximate surface area is 180 Å². The Morgan fingerprint density at radius 2 is 1.74 bits per heavy atom. The van der Waals surface area contributed by atoms with Gasteiger partial charge in [0, 0.05) is 45.0 Å². The van der Waals surface area contributed by atoms with E-state index in [9.17, 15) is 18.0 Å². The summed E-state index contributed by atoms with van der Waals surface area (Å²) in [5, 5.41) is 2.83. The van der Waals surface area contributed by atoms with Crippen molar-refractivity contribution in [3.63, 3.8) is 0 Å². The van der Waals surface area contributed by atoms with Gasteiger partial charge in [0.25, 0.3) is 0 Å². The summed E-state index contributed by atoms with van der Waals surface area (Å²) in [5.41, 5.74) is 5.83. The summed E-state index contributed by atoms with van der Waals surface area (Å²) in [7, 11) is 0. The van der Waals surface area contributed by atoms with Crippen LogP contribution >= 0.6 is 0 Å². The molecule has 1 saturated heterocycles. The summed E-state index contributed by atoms with van der Waals surface area (Å²) < 4.78 is 45.7. The van der Waals surface area contributed by atoms with E-state index in [1.54, 1.807) is 4.90 Å². The minimum absolute atomic E-state index is 0.180. The Hall–Kier alpha value is -2.69. The number of nitrogens with one attached hydrogen (secondary N) is 1. The fraction of sp³-hybridized carbons (Fsp3) is 0.600. The molecule has 31 heavy (non-hydrogen) atoms. The molecule has 0 bridgehead atoms. The first kappa shape index (κ1) is 24.6. The van der Waals surface area contributed by atoms with Crippen LogP contribution in [0, 0.1) is 0 Å². The van der Waals surface area contributed by atoms with Gasteiger partial charge in [0.1, 0.15) is 11.4 Å². The number of halogens is 3. The highest BCUT2D eigenvalue weighted by Gasteiger charge is 2.31. The fourth-order valence-electron chi connectivity index (χ4n) is 2.90. The van der Waals surface area contributed by atoms with Crippen LogP contribution in [0.1, 0.15) is 27.2 Å². The second-order valence-electron chi connectivity index (χ2n) is 8.13. The average Bonchev–Trinajstić information content (AvgIpc) is 2.65. The normalized spacial score (nSPS) is 16.2. The van der Waals surface area contributed by atoms with Crippen molar-refractivity contribution in [2.75, 3.05) is 44.6 Å². The van der Waals surface area contributed by atoms with Gasteiger partial charge in [-0.3, -0.25) is 9.89 Å². The van der Waals surface area contributed by atoms with Crippen LogP contribution in [0.15, 0.2) is 29.3 Å². The molecule has 0 atom stereocenters. The first-order valence-corrected chi connectivity index (χ1v) is 10.0. The van der Waals surface area contributed by atoms with Crippen molar-refractivity contribution in [1.82, 2.24) is 9.80 Å². The van der Waals surface area contributed by atoms with Crippen molar-refractivity contribution in [2.24, 2.45) is 10.7 Å². The minimum atomic E-state index is -4.72. The number of aliphatic imine (C=N–C) groups is 1. The Morgan fingerprint density at radius 3 is 2.29 bits per heavy atom. The number of nitrogens with two attached hydrogens (primary N) is 1. The number of rotatable bonds is 6. The molecule has 1 aromatic rings. The quantitative estimate of drug-likeness (QED) is 0.397. The van der Waals surface area contributed by atoms with E-state index in [0.29, 0.717) is 25.3 Å². The van der Waals surface area contributed by atoms with Gasteiger partial charge in [0.2, 0.25) is 0 Å². The Balaban J connectivity index is 1.66. The van der Waals surface area contributed by atoms with Crippen LogP contribution in [0.2, 0.25) is 0 Å². The van der Waals surface area contributed by atoms with Crippen molar-refractivity contribution in [1.29, 1.82) is 0 Å². The monoisotopic (exact) mass is 445 g/mol. The van der Waals surface area contributed by atoms with Gasteiger partial charge in [0.05, 0.1) is 0 Å². The number of amides is 1. The maximum absolute atomic E-state index is 12.2. The molecular weight excluding hydrogens is 415 g/mol. The molecule has 0 unspecified atom stereocenters. The lowest BCUT2D eigenvalue weighted by Gasteiger charge is -2.35. The zero-order valence-corrected chi connectivity index (χ0v) is 18.0. The van der Waals surface area contributed by atoms with Crippen LogP contribution < -0.4 is 15.8 Å². The standard InChI is InChI=1S/C20H30F3N5O3/c1-19(2,3)31-18(29)28-13-11-27(12-14-28)10-4-9-25-17(24)26-15-5-7-16(8-6-15)30-20(21,22)23/h5-8H,4,9-14H2,1-3H3,(H3,24,25,26). The van der Waals surface area contributed by atoms with Crippen molar-refractivity contribution in [3.8, 4) is 5.75 Å². The van der Waals surface area contributed by atoms with E-state index in [2.05, 4.69) is 19.9 Å². The van der Waals surface area contributed by atoms with Crippen molar-refractivity contribution >= 4 is 17.7 Å². The van der Waals surface area contributed by atoms with Crippen LogP contribution in [0.5, 0.6) is 5.75 Å². The average molecular weight is 445 g/mol. The van der Waals surface area contributed by atoms with Gasteiger partial charge >= 0.3 is 12.5 Å². The zero-order chi connectivity index (χ0) is 23.1. The number of carbonyl (C=O) groups is 1. The third-order valence-electron chi connectivity index (χ3n) is 4.30. The van der Waals surface area contributed by atoms with Crippen LogP contribution in [0.4, 0.5) is 23.7 Å². The molecule has 1 fully saturated rings. The largest absolute Gasteiger partial charge is 0.573 e. The lowest BCUT2D eigenvalue weighted by atomic mass is 10.2. The molecule has 3 N–H and O–H groups in total. The molecule has 0 aliphatic carbocycles. The maximum atomic E-state index is 12.2. The number of piperazine rings is 1. The molecule has 0 saturated carbocycles. The summed E-state index contributed by atoms with van der Waals surface area (Å²) in [6.45, 7) is 9.64. The summed E-state index contributed by atoms with van der Waals surface area (Å²) in [4.78, 5) is 20.3. The number of alkyl halides is 3. The number of carbonyl (C=O) groups excluding carboxylic acids is 1. The number of hydrogen-bond acceptors (Lipinski definition) is 5. The summed E-state index contributed by atoms with van der Waals surface area (Å²) in [5.74, 6) is -0.125. The maximum Gasteiger partial charge on any atom is 0.573 e. The predicted molar refractivity (Wildman–Crippen MR) is 112 cm³/mol. The lowest BCUT2D eigenvalue weighted by Crippen LogP contribution is -2.50. The molecule has 2 rings (SSSR count). The molecule has 0 aromatic heterocycles. The van der Waals surface area contributed by atoms with E-state index in [0.717, 1.165) is 26.1 Å². The molecule has 1 aromatic carbocycles. The van der Waals surface area contributed by atoms with E-state index in [4.69, 9.17) is 10.5 Å². The number of anilines is 1. The van der Waals surface area contributed by atoms with E-state index >= 15 is 0 Å². The Kier molecular flexibility index (Phi) is 8.37. The molecule has 1 aliphatic rings. The Morgan fingerprint density at radius 1 is 1.13 bits per heavy atom. The van der Waals surface area contributed by atoms with Gasteiger partial charge in [-0.05, 0) is 51.5 Å². The molecular formula is C20H30F3N5O3. The van der Waals surface area contributed by atoms with E-state index in [1.165, 1.54) is 24.3 Å². The van der Waals surface area contributed by atoms with Crippen LogP contribution in [-0.4, -0.2) is 73.1 Å². The van der Waals surface area contributed by atoms with Crippen LogP contribution in [0.3, 0.4) is 0 Å². The highest BCUT2D eigenvalue weighted by molar-refractivity contribution is 5.92. The van der Waals surface area contributed by atoms with Crippen LogP contribution in [-0.2, 0) is 4.74 Å². The molecule has 1 heterocycles. The number of hydrogen-bond donors (Lipinski definition) is 2. The summed E-state index contributed by atoms with van der Waals surface area (Å²) >= 11 is 0. The summed E-state index contributed by atoms with van der Waals surface area (Å²) in [6.07, 6.45) is -4.22. The van der Waals surface area contributed by atoms with Crippen molar-refractivity contribution in [2.45, 2.75) is 39.2 Å².